The minimum Gasteiger partial charge on any atom is -0.490 e. The smallest absolute Gasteiger partial charge is 0.288 e. The van der Waals surface area contributed by atoms with E-state index in [1.807, 2.05) is 13.8 Å². The lowest BCUT2D eigenvalue weighted by atomic mass is 9.63. The van der Waals surface area contributed by atoms with Gasteiger partial charge in [0, 0.05) is 24.0 Å². The van der Waals surface area contributed by atoms with Gasteiger partial charge in [0.1, 0.15) is 16.9 Å². The summed E-state index contributed by atoms with van der Waals surface area (Å²) < 4.78 is 5.78. The Morgan fingerprint density at radius 3 is 2.79 bits per heavy atom. The zero-order valence-electron chi connectivity index (χ0n) is 10.8. The summed E-state index contributed by atoms with van der Waals surface area (Å²) in [5.74, 6) is 0.493. The van der Waals surface area contributed by atoms with Gasteiger partial charge < -0.3 is 9.84 Å². The lowest BCUT2D eigenvalue weighted by Gasteiger charge is -2.50. The number of nitrogens with zero attached hydrogens (tertiary/aromatic N) is 1. The highest BCUT2D eigenvalue weighted by Gasteiger charge is 2.51. The molecule has 0 saturated heterocycles. The molecule has 1 aliphatic rings. The second-order valence-electron chi connectivity index (χ2n) is 5.09. The molecule has 1 aromatic rings. The molecular weight excluding hydrogens is 270 g/mol. The molecule has 5 nitrogen and oxygen atoms in total. The average Bonchev–Trinajstić information content (AvgIpc) is 2.37. The lowest BCUT2D eigenvalue weighted by molar-refractivity contribution is -0.384. The van der Waals surface area contributed by atoms with Crippen molar-refractivity contribution in [2.75, 3.05) is 0 Å². The Morgan fingerprint density at radius 1 is 1.63 bits per heavy atom. The molecule has 2 rings (SSSR count). The molecule has 1 saturated carbocycles. The van der Waals surface area contributed by atoms with Crippen molar-refractivity contribution in [1.29, 1.82) is 0 Å². The maximum absolute atomic E-state index is 10.7. The van der Waals surface area contributed by atoms with E-state index < -0.39 is 4.92 Å². The Kier molecular flexibility index (Phi) is 3.69. The van der Waals surface area contributed by atoms with Gasteiger partial charge in [0.2, 0.25) is 0 Å². The van der Waals surface area contributed by atoms with Crippen molar-refractivity contribution in [3.8, 4) is 5.75 Å². The highest BCUT2D eigenvalue weighted by Crippen LogP contribution is 2.46. The zero-order valence-corrected chi connectivity index (χ0v) is 11.6. The second-order valence-corrected chi connectivity index (χ2v) is 5.49. The summed E-state index contributed by atoms with van der Waals surface area (Å²) >= 11 is 5.83. The highest BCUT2D eigenvalue weighted by molar-refractivity contribution is 6.32. The molecule has 6 heteroatoms. The summed E-state index contributed by atoms with van der Waals surface area (Å²) in [5.41, 5.74) is -0.408. The SMILES string of the molecule is CCC1(C)C(O)CC1Oc1ccc([N+](=O)[O-])c(Cl)c1. The van der Waals surface area contributed by atoms with Crippen molar-refractivity contribution < 1.29 is 14.8 Å². The van der Waals surface area contributed by atoms with Gasteiger partial charge in [0.25, 0.3) is 5.69 Å². The van der Waals surface area contributed by atoms with Crippen molar-refractivity contribution in [1.82, 2.24) is 0 Å². The average molecular weight is 286 g/mol. The fourth-order valence-electron chi connectivity index (χ4n) is 2.31. The van der Waals surface area contributed by atoms with Crippen molar-refractivity contribution in [2.24, 2.45) is 5.41 Å². The van der Waals surface area contributed by atoms with Gasteiger partial charge in [-0.3, -0.25) is 10.1 Å². The van der Waals surface area contributed by atoms with Gasteiger partial charge in [-0.25, -0.2) is 0 Å². The van der Waals surface area contributed by atoms with Crippen molar-refractivity contribution in [3.05, 3.63) is 33.3 Å². The molecular formula is C13H16ClNO4. The van der Waals surface area contributed by atoms with E-state index in [2.05, 4.69) is 0 Å². The third-order valence-corrected chi connectivity index (χ3v) is 4.39. The minimum atomic E-state index is -0.532. The van der Waals surface area contributed by atoms with E-state index >= 15 is 0 Å². The van der Waals surface area contributed by atoms with Gasteiger partial charge in [-0.1, -0.05) is 25.4 Å². The van der Waals surface area contributed by atoms with Gasteiger partial charge in [0.05, 0.1) is 11.0 Å². The molecule has 0 aromatic heterocycles. The topological polar surface area (TPSA) is 72.6 Å². The number of hydrogen-bond donors (Lipinski definition) is 1. The molecule has 1 aliphatic carbocycles. The third-order valence-electron chi connectivity index (χ3n) is 4.09. The molecule has 3 unspecified atom stereocenters. The Labute approximate surface area is 116 Å². The van der Waals surface area contributed by atoms with Crippen LogP contribution >= 0.6 is 11.6 Å². The van der Waals surface area contributed by atoms with E-state index in [-0.39, 0.29) is 28.3 Å². The number of benzene rings is 1. The Morgan fingerprint density at radius 2 is 2.32 bits per heavy atom. The zero-order chi connectivity index (χ0) is 14.2. The predicted octanol–water partition coefficient (Wildman–Crippen LogP) is 3.18. The van der Waals surface area contributed by atoms with Crippen LogP contribution in [-0.4, -0.2) is 22.2 Å². The summed E-state index contributed by atoms with van der Waals surface area (Å²) in [6, 6.07) is 4.31. The summed E-state index contributed by atoms with van der Waals surface area (Å²) in [4.78, 5) is 10.1. The largest absolute Gasteiger partial charge is 0.490 e. The first-order valence-corrected chi connectivity index (χ1v) is 6.55. The van der Waals surface area contributed by atoms with Gasteiger partial charge in [0.15, 0.2) is 0 Å². The van der Waals surface area contributed by atoms with E-state index in [4.69, 9.17) is 16.3 Å². The number of rotatable bonds is 4. The minimum absolute atomic E-state index is 0.0561. The Hall–Kier alpha value is -1.33. The van der Waals surface area contributed by atoms with Gasteiger partial charge >= 0.3 is 0 Å². The molecule has 1 aromatic carbocycles. The van der Waals surface area contributed by atoms with Gasteiger partial charge in [-0.2, -0.15) is 0 Å². The maximum atomic E-state index is 10.7. The maximum Gasteiger partial charge on any atom is 0.288 e. The number of aliphatic hydroxyl groups excluding tert-OH is 1. The fourth-order valence-corrected chi connectivity index (χ4v) is 2.55. The van der Waals surface area contributed by atoms with Crippen molar-refractivity contribution in [2.45, 2.75) is 38.9 Å². The molecule has 19 heavy (non-hydrogen) atoms. The molecule has 0 radical (unpaired) electrons. The molecule has 0 aliphatic heterocycles. The standard InChI is InChI=1S/C13H16ClNO4/c1-3-13(2)11(16)7-12(13)19-8-4-5-10(15(17)18)9(14)6-8/h4-6,11-12,16H,3,7H2,1-2H3. The number of aliphatic hydroxyl groups is 1. The quantitative estimate of drug-likeness (QED) is 0.681. The van der Waals surface area contributed by atoms with Crippen LogP contribution in [0.1, 0.15) is 26.7 Å². The van der Waals surface area contributed by atoms with Crippen LogP contribution in [0, 0.1) is 15.5 Å². The van der Waals surface area contributed by atoms with E-state index in [1.165, 1.54) is 18.2 Å². The number of nitro groups is 1. The first-order chi connectivity index (χ1) is 8.88. The molecule has 0 heterocycles. The first kappa shape index (κ1) is 14.1. The molecule has 1 fully saturated rings. The van der Waals surface area contributed by atoms with Crippen LogP contribution in [0.15, 0.2) is 18.2 Å². The van der Waals surface area contributed by atoms with Crippen LogP contribution in [0.3, 0.4) is 0 Å². The van der Waals surface area contributed by atoms with Crippen LogP contribution in [0.5, 0.6) is 5.75 Å². The summed E-state index contributed by atoms with van der Waals surface area (Å²) in [5, 5.41) is 20.5. The molecule has 104 valence electrons. The van der Waals surface area contributed by atoms with Crippen molar-refractivity contribution >= 4 is 17.3 Å². The summed E-state index contributed by atoms with van der Waals surface area (Å²) in [6.45, 7) is 3.97. The van der Waals surface area contributed by atoms with Crippen LogP contribution in [0.25, 0.3) is 0 Å². The fraction of sp³-hybridized carbons (Fsp3) is 0.538. The van der Waals surface area contributed by atoms with Gasteiger partial charge in [-0.15, -0.1) is 0 Å². The monoisotopic (exact) mass is 285 g/mol. The Balaban J connectivity index is 2.13. The van der Waals surface area contributed by atoms with E-state index in [1.54, 1.807) is 0 Å². The highest BCUT2D eigenvalue weighted by atomic mass is 35.5. The van der Waals surface area contributed by atoms with Crippen LogP contribution < -0.4 is 4.74 Å². The molecule has 1 N–H and O–H groups in total. The molecule has 0 bridgehead atoms. The van der Waals surface area contributed by atoms with E-state index in [0.717, 1.165) is 6.42 Å². The van der Waals surface area contributed by atoms with Crippen LogP contribution in [-0.2, 0) is 0 Å². The normalized spacial score (nSPS) is 29.7. The molecule has 0 amide bonds. The third kappa shape index (κ3) is 2.40. The number of halogens is 1. The first-order valence-electron chi connectivity index (χ1n) is 6.17. The number of hydrogen-bond acceptors (Lipinski definition) is 4. The summed E-state index contributed by atoms with van der Waals surface area (Å²) in [6.07, 6.45) is 0.916. The lowest BCUT2D eigenvalue weighted by Crippen LogP contribution is -2.57. The second kappa shape index (κ2) is 4.98. The summed E-state index contributed by atoms with van der Waals surface area (Å²) in [7, 11) is 0. The molecule has 0 spiro atoms. The van der Waals surface area contributed by atoms with E-state index in [9.17, 15) is 15.2 Å². The van der Waals surface area contributed by atoms with Crippen molar-refractivity contribution in [3.63, 3.8) is 0 Å². The number of ether oxygens (including phenoxy) is 1. The molecule has 3 atom stereocenters. The Bertz CT molecular complexity index is 507. The number of nitro benzene ring substituents is 1. The van der Waals surface area contributed by atoms with Crippen LogP contribution in [0.4, 0.5) is 5.69 Å². The predicted molar refractivity (Wildman–Crippen MR) is 71.5 cm³/mol. The van der Waals surface area contributed by atoms with E-state index in [0.29, 0.717) is 12.2 Å². The van der Waals surface area contributed by atoms with Gasteiger partial charge in [-0.05, 0) is 12.5 Å². The van der Waals surface area contributed by atoms with Crippen LogP contribution in [0.2, 0.25) is 5.02 Å².